The Hall–Kier alpha value is -2.21. The topological polar surface area (TPSA) is 48.0 Å². The first-order valence-corrected chi connectivity index (χ1v) is 8.09. The predicted octanol–water partition coefficient (Wildman–Crippen LogP) is 3.75. The zero-order valence-corrected chi connectivity index (χ0v) is 15.7. The van der Waals surface area contributed by atoms with Gasteiger partial charge in [0, 0.05) is 30.2 Å². The van der Waals surface area contributed by atoms with Gasteiger partial charge in [0.05, 0.1) is 26.9 Å². The standard InChI is InChI=1S/C18H20BrNO4/c1-20(11-12-5-7-13(19)8-6-12)18(21)14-9-16(23-3)17(24-4)10-15(14)22-2/h5-10H,11H2,1-4H3. The van der Waals surface area contributed by atoms with Gasteiger partial charge in [-0.15, -0.1) is 0 Å². The molecule has 0 N–H and O–H groups in total. The molecule has 6 heteroatoms. The molecule has 2 aromatic carbocycles. The van der Waals surface area contributed by atoms with Crippen LogP contribution in [0.25, 0.3) is 0 Å². The van der Waals surface area contributed by atoms with Gasteiger partial charge >= 0.3 is 0 Å². The molecule has 2 rings (SSSR count). The van der Waals surface area contributed by atoms with Gasteiger partial charge in [-0.25, -0.2) is 0 Å². The van der Waals surface area contributed by atoms with E-state index >= 15 is 0 Å². The van der Waals surface area contributed by atoms with E-state index in [1.165, 1.54) is 14.2 Å². The molecular weight excluding hydrogens is 374 g/mol. The van der Waals surface area contributed by atoms with Crippen LogP contribution in [0, 0.1) is 0 Å². The van der Waals surface area contributed by atoms with E-state index in [4.69, 9.17) is 14.2 Å². The number of halogens is 1. The van der Waals surface area contributed by atoms with Crippen molar-refractivity contribution in [1.82, 2.24) is 4.90 Å². The van der Waals surface area contributed by atoms with Crippen molar-refractivity contribution in [2.24, 2.45) is 0 Å². The first kappa shape index (κ1) is 18.1. The van der Waals surface area contributed by atoms with E-state index in [2.05, 4.69) is 15.9 Å². The van der Waals surface area contributed by atoms with Gasteiger partial charge in [0.25, 0.3) is 5.91 Å². The second kappa shape index (κ2) is 8.06. The third-order valence-electron chi connectivity index (χ3n) is 3.62. The Bertz CT molecular complexity index is 716. The van der Waals surface area contributed by atoms with Crippen LogP contribution < -0.4 is 14.2 Å². The molecule has 5 nitrogen and oxygen atoms in total. The van der Waals surface area contributed by atoms with Crippen LogP contribution >= 0.6 is 15.9 Å². The molecule has 0 saturated heterocycles. The highest BCUT2D eigenvalue weighted by atomic mass is 79.9. The number of benzene rings is 2. The van der Waals surface area contributed by atoms with Crippen LogP contribution in [-0.4, -0.2) is 39.2 Å². The van der Waals surface area contributed by atoms with Crippen LogP contribution in [-0.2, 0) is 6.54 Å². The van der Waals surface area contributed by atoms with Crippen molar-refractivity contribution in [3.05, 3.63) is 52.0 Å². The largest absolute Gasteiger partial charge is 0.496 e. The lowest BCUT2D eigenvalue weighted by Gasteiger charge is -2.20. The van der Waals surface area contributed by atoms with Crippen molar-refractivity contribution in [1.29, 1.82) is 0 Å². The molecule has 0 aliphatic carbocycles. The van der Waals surface area contributed by atoms with Crippen molar-refractivity contribution >= 4 is 21.8 Å². The van der Waals surface area contributed by atoms with Gasteiger partial charge in [-0.05, 0) is 17.7 Å². The fourth-order valence-electron chi connectivity index (χ4n) is 2.34. The minimum atomic E-state index is -0.157. The quantitative estimate of drug-likeness (QED) is 0.749. The highest BCUT2D eigenvalue weighted by Gasteiger charge is 2.20. The summed E-state index contributed by atoms with van der Waals surface area (Å²) in [7, 11) is 6.34. The monoisotopic (exact) mass is 393 g/mol. The van der Waals surface area contributed by atoms with Crippen molar-refractivity contribution in [3.8, 4) is 17.2 Å². The molecular formula is C18H20BrNO4. The Morgan fingerprint density at radius 2 is 1.50 bits per heavy atom. The van der Waals surface area contributed by atoms with Gasteiger partial charge in [-0.1, -0.05) is 28.1 Å². The smallest absolute Gasteiger partial charge is 0.257 e. The van der Waals surface area contributed by atoms with Crippen molar-refractivity contribution in [2.75, 3.05) is 28.4 Å². The second-order valence-corrected chi connectivity index (χ2v) is 6.11. The number of rotatable bonds is 6. The molecule has 0 aliphatic heterocycles. The molecule has 128 valence electrons. The SMILES string of the molecule is COc1cc(OC)c(C(=O)N(C)Cc2ccc(Br)cc2)cc1OC. The molecule has 0 atom stereocenters. The molecule has 0 spiro atoms. The number of hydrogen-bond acceptors (Lipinski definition) is 4. The van der Waals surface area contributed by atoms with Gasteiger partial charge in [0.15, 0.2) is 11.5 Å². The lowest BCUT2D eigenvalue weighted by molar-refractivity contribution is 0.0781. The summed E-state index contributed by atoms with van der Waals surface area (Å²) in [6, 6.07) is 11.1. The zero-order chi connectivity index (χ0) is 17.7. The number of ether oxygens (including phenoxy) is 3. The lowest BCUT2D eigenvalue weighted by atomic mass is 10.1. The van der Waals surface area contributed by atoms with Crippen molar-refractivity contribution < 1.29 is 19.0 Å². The lowest BCUT2D eigenvalue weighted by Crippen LogP contribution is -2.26. The Kier molecular flexibility index (Phi) is 6.09. The van der Waals surface area contributed by atoms with Crippen molar-refractivity contribution in [2.45, 2.75) is 6.54 Å². The first-order valence-electron chi connectivity index (χ1n) is 7.30. The summed E-state index contributed by atoms with van der Waals surface area (Å²) in [5, 5.41) is 0. The molecule has 2 aromatic rings. The molecule has 0 fully saturated rings. The van der Waals surface area contributed by atoms with Gasteiger partial charge in [-0.3, -0.25) is 4.79 Å². The summed E-state index contributed by atoms with van der Waals surface area (Å²) >= 11 is 3.40. The Morgan fingerprint density at radius 1 is 0.958 bits per heavy atom. The van der Waals surface area contributed by atoms with E-state index in [0.29, 0.717) is 29.4 Å². The summed E-state index contributed by atoms with van der Waals surface area (Å²) in [6.45, 7) is 0.490. The van der Waals surface area contributed by atoms with Crippen LogP contribution in [0.5, 0.6) is 17.2 Å². The maximum absolute atomic E-state index is 12.8. The number of amides is 1. The summed E-state index contributed by atoms with van der Waals surface area (Å²) in [5.41, 5.74) is 1.46. The second-order valence-electron chi connectivity index (χ2n) is 5.20. The Labute approximate surface area is 150 Å². The molecule has 0 aromatic heterocycles. The number of hydrogen-bond donors (Lipinski definition) is 0. The minimum Gasteiger partial charge on any atom is -0.496 e. The van der Waals surface area contributed by atoms with Crippen LogP contribution in [0.2, 0.25) is 0 Å². The maximum Gasteiger partial charge on any atom is 0.257 e. The third kappa shape index (κ3) is 4.00. The summed E-state index contributed by atoms with van der Waals surface area (Å²) in [5.74, 6) is 1.29. The van der Waals surface area contributed by atoms with E-state index in [9.17, 15) is 4.79 Å². The fourth-order valence-corrected chi connectivity index (χ4v) is 2.60. The highest BCUT2D eigenvalue weighted by Crippen LogP contribution is 2.35. The van der Waals surface area contributed by atoms with Crippen LogP contribution in [0.3, 0.4) is 0 Å². The summed E-state index contributed by atoms with van der Waals surface area (Å²) in [6.07, 6.45) is 0. The molecule has 0 heterocycles. The number of carbonyl (C=O) groups excluding carboxylic acids is 1. The van der Waals surface area contributed by atoms with E-state index < -0.39 is 0 Å². The van der Waals surface area contributed by atoms with Crippen molar-refractivity contribution in [3.63, 3.8) is 0 Å². The average Bonchev–Trinajstić information content (AvgIpc) is 2.61. The average molecular weight is 394 g/mol. The van der Waals surface area contributed by atoms with Gasteiger partial charge in [-0.2, -0.15) is 0 Å². The van der Waals surface area contributed by atoms with Gasteiger partial charge in [0.2, 0.25) is 0 Å². The summed E-state index contributed by atoms with van der Waals surface area (Å²) in [4.78, 5) is 14.4. The third-order valence-corrected chi connectivity index (χ3v) is 4.14. The number of carbonyl (C=O) groups is 1. The van der Waals surface area contributed by atoms with E-state index in [-0.39, 0.29) is 5.91 Å². The van der Waals surface area contributed by atoms with Crippen LogP contribution in [0.15, 0.2) is 40.9 Å². The molecule has 24 heavy (non-hydrogen) atoms. The molecule has 0 bridgehead atoms. The minimum absolute atomic E-state index is 0.157. The first-order chi connectivity index (χ1) is 11.5. The van der Waals surface area contributed by atoms with E-state index in [1.807, 2.05) is 24.3 Å². The Balaban J connectivity index is 2.28. The van der Waals surface area contributed by atoms with Crippen LogP contribution in [0.4, 0.5) is 0 Å². The maximum atomic E-state index is 12.8. The van der Waals surface area contributed by atoms with E-state index in [1.54, 1.807) is 31.2 Å². The molecule has 0 radical (unpaired) electrons. The van der Waals surface area contributed by atoms with E-state index in [0.717, 1.165) is 10.0 Å². The Morgan fingerprint density at radius 3 is 2.04 bits per heavy atom. The zero-order valence-electron chi connectivity index (χ0n) is 14.1. The fraction of sp³-hybridized carbons (Fsp3) is 0.278. The molecule has 0 aliphatic rings. The molecule has 0 saturated carbocycles. The van der Waals surface area contributed by atoms with Gasteiger partial charge in [0.1, 0.15) is 5.75 Å². The molecule has 1 amide bonds. The number of nitrogens with zero attached hydrogens (tertiary/aromatic N) is 1. The normalized spacial score (nSPS) is 10.2. The van der Waals surface area contributed by atoms with Crippen LogP contribution in [0.1, 0.15) is 15.9 Å². The molecule has 0 unspecified atom stereocenters. The number of methoxy groups -OCH3 is 3. The highest BCUT2D eigenvalue weighted by molar-refractivity contribution is 9.10. The predicted molar refractivity (Wildman–Crippen MR) is 96.0 cm³/mol. The summed E-state index contributed by atoms with van der Waals surface area (Å²) < 4.78 is 16.9. The van der Waals surface area contributed by atoms with Gasteiger partial charge < -0.3 is 19.1 Å².